The molecule has 4 aromatic rings. The lowest BCUT2D eigenvalue weighted by Crippen LogP contribution is -2.11. The number of nitrogens with zero attached hydrogens (tertiary/aromatic N) is 1. The van der Waals surface area contributed by atoms with Crippen molar-refractivity contribution in [2.24, 2.45) is 0 Å². The first-order valence-corrected chi connectivity index (χ1v) is 9.66. The number of fused-ring (bicyclic) bond motifs is 1. The van der Waals surface area contributed by atoms with Crippen LogP contribution in [0.15, 0.2) is 96.0 Å². The first-order valence-electron chi connectivity index (χ1n) is 8.22. The predicted octanol–water partition coefficient (Wildman–Crippen LogP) is 3.96. The standard InChI is InChI=1S/C21H17NO3S/c23-21(16-9-3-1-4-10-16)19-15-22(20-14-8-7-13-18(19)20)26(24,25)17-11-5-2-6-12-17/h1-15,21,23H. The van der Waals surface area contributed by atoms with Crippen molar-refractivity contribution in [2.75, 3.05) is 0 Å². The van der Waals surface area contributed by atoms with Gasteiger partial charge in [-0.1, -0.05) is 66.7 Å². The van der Waals surface area contributed by atoms with Crippen molar-refractivity contribution in [1.29, 1.82) is 0 Å². The third-order valence-corrected chi connectivity index (χ3v) is 6.11. The van der Waals surface area contributed by atoms with Gasteiger partial charge in [0.2, 0.25) is 0 Å². The van der Waals surface area contributed by atoms with E-state index in [1.807, 2.05) is 42.5 Å². The molecule has 5 heteroatoms. The maximum absolute atomic E-state index is 13.1. The fourth-order valence-electron chi connectivity index (χ4n) is 3.11. The van der Waals surface area contributed by atoms with Crippen molar-refractivity contribution in [3.05, 3.63) is 102 Å². The Hall–Kier alpha value is -2.89. The van der Waals surface area contributed by atoms with Gasteiger partial charge in [0.05, 0.1) is 10.4 Å². The Morgan fingerprint density at radius 3 is 2.04 bits per heavy atom. The SMILES string of the molecule is O=S(=O)(c1ccccc1)n1cc(C(O)c2ccccc2)c2ccccc21. The summed E-state index contributed by atoms with van der Waals surface area (Å²) in [6.07, 6.45) is 0.610. The number of aliphatic hydroxyl groups is 1. The highest BCUT2D eigenvalue weighted by molar-refractivity contribution is 7.90. The molecule has 0 aliphatic carbocycles. The van der Waals surface area contributed by atoms with Crippen LogP contribution in [0.4, 0.5) is 0 Å². The minimum atomic E-state index is -3.75. The minimum Gasteiger partial charge on any atom is -0.384 e. The second-order valence-corrected chi connectivity index (χ2v) is 7.84. The van der Waals surface area contributed by atoms with Crippen LogP contribution in [-0.4, -0.2) is 17.5 Å². The van der Waals surface area contributed by atoms with E-state index in [-0.39, 0.29) is 4.90 Å². The second-order valence-electron chi connectivity index (χ2n) is 6.03. The number of hydrogen-bond donors (Lipinski definition) is 1. The normalized spacial score (nSPS) is 13.0. The van der Waals surface area contributed by atoms with Gasteiger partial charge >= 0.3 is 0 Å². The monoisotopic (exact) mass is 363 g/mol. The Balaban J connectivity index is 1.93. The zero-order valence-corrected chi connectivity index (χ0v) is 14.7. The van der Waals surface area contributed by atoms with Gasteiger partial charge in [-0.15, -0.1) is 0 Å². The summed E-state index contributed by atoms with van der Waals surface area (Å²) < 4.78 is 27.5. The highest BCUT2D eigenvalue weighted by Crippen LogP contribution is 2.32. The van der Waals surface area contributed by atoms with E-state index >= 15 is 0 Å². The Labute approximate surface area is 152 Å². The van der Waals surface area contributed by atoms with E-state index in [1.165, 1.54) is 10.2 Å². The van der Waals surface area contributed by atoms with Crippen molar-refractivity contribution in [3.8, 4) is 0 Å². The van der Waals surface area contributed by atoms with E-state index in [2.05, 4.69) is 0 Å². The molecule has 0 aliphatic rings. The zero-order chi connectivity index (χ0) is 18.1. The largest absolute Gasteiger partial charge is 0.384 e. The van der Waals surface area contributed by atoms with Crippen LogP contribution in [0, 0.1) is 0 Å². The van der Waals surface area contributed by atoms with Crippen molar-refractivity contribution >= 4 is 20.9 Å². The molecule has 0 aliphatic heterocycles. The van der Waals surface area contributed by atoms with Crippen LogP contribution < -0.4 is 0 Å². The highest BCUT2D eigenvalue weighted by atomic mass is 32.2. The van der Waals surface area contributed by atoms with Crippen molar-refractivity contribution < 1.29 is 13.5 Å². The Bertz CT molecular complexity index is 1150. The van der Waals surface area contributed by atoms with Crippen molar-refractivity contribution in [3.63, 3.8) is 0 Å². The van der Waals surface area contributed by atoms with E-state index in [1.54, 1.807) is 42.5 Å². The van der Waals surface area contributed by atoms with Gasteiger partial charge in [0.15, 0.2) is 0 Å². The molecule has 1 heterocycles. The van der Waals surface area contributed by atoms with Crippen molar-refractivity contribution in [1.82, 2.24) is 3.97 Å². The molecule has 0 saturated carbocycles. The lowest BCUT2D eigenvalue weighted by molar-refractivity contribution is 0.222. The number of para-hydroxylation sites is 1. The average molecular weight is 363 g/mol. The molecule has 0 saturated heterocycles. The first kappa shape index (κ1) is 16.6. The summed E-state index contributed by atoms with van der Waals surface area (Å²) >= 11 is 0. The molecule has 4 rings (SSSR count). The smallest absolute Gasteiger partial charge is 0.268 e. The Kier molecular flexibility index (Phi) is 4.11. The van der Waals surface area contributed by atoms with E-state index in [0.29, 0.717) is 22.0 Å². The number of benzene rings is 3. The quantitative estimate of drug-likeness (QED) is 0.597. The molecular weight excluding hydrogens is 346 g/mol. The van der Waals surface area contributed by atoms with Gasteiger partial charge in [0.25, 0.3) is 10.0 Å². The number of aromatic nitrogens is 1. The molecule has 1 N–H and O–H groups in total. The van der Waals surface area contributed by atoms with Gasteiger partial charge in [-0.3, -0.25) is 0 Å². The van der Waals surface area contributed by atoms with Gasteiger partial charge in [0, 0.05) is 17.1 Å². The molecule has 1 unspecified atom stereocenters. The predicted molar refractivity (Wildman–Crippen MR) is 101 cm³/mol. The van der Waals surface area contributed by atoms with Crippen LogP contribution in [0.25, 0.3) is 10.9 Å². The molecule has 0 fully saturated rings. The van der Waals surface area contributed by atoms with E-state index in [9.17, 15) is 13.5 Å². The fourth-order valence-corrected chi connectivity index (χ4v) is 4.51. The molecule has 26 heavy (non-hydrogen) atoms. The molecular formula is C21H17NO3S. The Morgan fingerprint density at radius 2 is 1.35 bits per heavy atom. The van der Waals surface area contributed by atoms with Crippen LogP contribution in [-0.2, 0) is 10.0 Å². The second kappa shape index (κ2) is 6.44. The van der Waals surface area contributed by atoms with E-state index < -0.39 is 16.1 Å². The highest BCUT2D eigenvalue weighted by Gasteiger charge is 2.24. The molecule has 0 radical (unpaired) electrons. The molecule has 3 aromatic carbocycles. The molecule has 0 spiro atoms. The Morgan fingerprint density at radius 1 is 0.769 bits per heavy atom. The summed E-state index contributed by atoms with van der Waals surface area (Å²) in [6.45, 7) is 0. The number of hydrogen-bond acceptors (Lipinski definition) is 3. The maximum Gasteiger partial charge on any atom is 0.268 e. The van der Waals surface area contributed by atoms with E-state index in [0.717, 1.165) is 0 Å². The van der Waals surface area contributed by atoms with Crippen LogP contribution in [0.1, 0.15) is 17.2 Å². The minimum absolute atomic E-state index is 0.210. The van der Waals surface area contributed by atoms with Gasteiger partial charge in [0.1, 0.15) is 6.10 Å². The van der Waals surface area contributed by atoms with Gasteiger partial charge < -0.3 is 5.11 Å². The molecule has 130 valence electrons. The lowest BCUT2D eigenvalue weighted by Gasteiger charge is -2.10. The number of rotatable bonds is 4. The maximum atomic E-state index is 13.1. The van der Waals surface area contributed by atoms with Crippen LogP contribution in [0.5, 0.6) is 0 Å². The summed E-state index contributed by atoms with van der Waals surface area (Å²) in [5.41, 5.74) is 1.82. The summed E-state index contributed by atoms with van der Waals surface area (Å²) in [6, 6.07) is 24.7. The summed E-state index contributed by atoms with van der Waals surface area (Å²) in [5, 5.41) is 11.5. The number of aliphatic hydroxyl groups excluding tert-OH is 1. The third kappa shape index (κ3) is 2.71. The topological polar surface area (TPSA) is 59.3 Å². The molecule has 1 atom stereocenters. The van der Waals surface area contributed by atoms with Gasteiger partial charge in [-0.2, -0.15) is 0 Å². The fraction of sp³-hybridized carbons (Fsp3) is 0.0476. The van der Waals surface area contributed by atoms with Gasteiger partial charge in [-0.25, -0.2) is 12.4 Å². The van der Waals surface area contributed by atoms with Crippen LogP contribution in [0.2, 0.25) is 0 Å². The van der Waals surface area contributed by atoms with Crippen LogP contribution >= 0.6 is 0 Å². The zero-order valence-electron chi connectivity index (χ0n) is 13.9. The van der Waals surface area contributed by atoms with Crippen LogP contribution in [0.3, 0.4) is 0 Å². The first-order chi connectivity index (χ1) is 12.6. The molecule has 0 amide bonds. The lowest BCUT2D eigenvalue weighted by atomic mass is 10.0. The molecule has 1 aromatic heterocycles. The average Bonchev–Trinajstić information content (AvgIpc) is 3.09. The third-order valence-electron chi connectivity index (χ3n) is 4.42. The molecule has 0 bridgehead atoms. The summed E-state index contributed by atoms with van der Waals surface area (Å²) in [7, 11) is -3.75. The molecule has 4 nitrogen and oxygen atoms in total. The van der Waals surface area contributed by atoms with E-state index in [4.69, 9.17) is 0 Å². The van der Waals surface area contributed by atoms with Crippen molar-refractivity contribution in [2.45, 2.75) is 11.0 Å². The van der Waals surface area contributed by atoms with Gasteiger partial charge in [-0.05, 0) is 23.8 Å². The summed E-state index contributed by atoms with van der Waals surface area (Å²) in [4.78, 5) is 0.210. The summed E-state index contributed by atoms with van der Waals surface area (Å²) in [5.74, 6) is 0.